The van der Waals surface area contributed by atoms with Crippen molar-refractivity contribution in [2.45, 2.75) is 32.8 Å². The summed E-state index contributed by atoms with van der Waals surface area (Å²) in [4.78, 5) is 8.55. The van der Waals surface area contributed by atoms with Crippen LogP contribution in [0.2, 0.25) is 0 Å². The average Bonchev–Trinajstić information content (AvgIpc) is 2.45. The number of rotatable bonds is 7. The van der Waals surface area contributed by atoms with E-state index < -0.39 is 0 Å². The fraction of sp³-hybridized carbons (Fsp3) is 0.375. The molecule has 0 saturated heterocycles. The topological polar surface area (TPSA) is 73.1 Å². The van der Waals surface area contributed by atoms with Crippen molar-refractivity contribution in [1.29, 1.82) is 0 Å². The summed E-state index contributed by atoms with van der Waals surface area (Å²) in [5.41, 5.74) is 7.76. The van der Waals surface area contributed by atoms with Gasteiger partial charge in [0.15, 0.2) is 0 Å². The van der Waals surface area contributed by atoms with E-state index in [0.717, 1.165) is 18.5 Å². The average molecular weight is 286 g/mol. The third-order valence-electron chi connectivity index (χ3n) is 2.84. The second-order valence-electron chi connectivity index (χ2n) is 5.10. The number of nitrogens with one attached hydrogen (secondary N) is 1. The summed E-state index contributed by atoms with van der Waals surface area (Å²) in [6, 6.07) is 9.95. The molecule has 0 bridgehead atoms. The molecule has 0 atom stereocenters. The van der Waals surface area contributed by atoms with Gasteiger partial charge in [-0.25, -0.2) is 4.98 Å². The van der Waals surface area contributed by atoms with Gasteiger partial charge >= 0.3 is 0 Å². The lowest BCUT2D eigenvalue weighted by molar-refractivity contribution is 0.232. The van der Waals surface area contributed by atoms with Gasteiger partial charge in [-0.1, -0.05) is 12.1 Å². The molecule has 1 aromatic carbocycles. The predicted octanol–water partition coefficient (Wildman–Crippen LogP) is 2.90. The minimum absolute atomic E-state index is 0.0901. The van der Waals surface area contributed by atoms with Crippen LogP contribution in [0.4, 0.5) is 11.6 Å². The van der Waals surface area contributed by atoms with Gasteiger partial charge in [-0.3, -0.25) is 0 Å². The van der Waals surface area contributed by atoms with Crippen LogP contribution in [-0.2, 0) is 6.42 Å². The molecule has 0 spiro atoms. The van der Waals surface area contributed by atoms with Gasteiger partial charge in [-0.15, -0.1) is 0 Å². The van der Waals surface area contributed by atoms with Crippen LogP contribution in [0.3, 0.4) is 0 Å². The number of aryl methyl sites for hydroxylation is 1. The minimum Gasteiger partial charge on any atom is -0.475 e. The molecule has 112 valence electrons. The Kier molecular flexibility index (Phi) is 5.51. The Balaban J connectivity index is 2.07. The van der Waals surface area contributed by atoms with Gasteiger partial charge in [0.25, 0.3) is 0 Å². The summed E-state index contributed by atoms with van der Waals surface area (Å²) in [5.74, 6) is 1.10. The third-order valence-corrected chi connectivity index (χ3v) is 2.84. The smallest absolute Gasteiger partial charge is 0.230 e. The zero-order valence-corrected chi connectivity index (χ0v) is 12.5. The predicted molar refractivity (Wildman–Crippen MR) is 84.9 cm³/mol. The first-order valence-corrected chi connectivity index (χ1v) is 7.23. The van der Waals surface area contributed by atoms with Crippen LogP contribution in [0.5, 0.6) is 5.88 Å². The molecule has 0 aliphatic carbocycles. The lowest BCUT2D eigenvalue weighted by Crippen LogP contribution is -2.08. The Bertz CT molecular complexity index is 572. The summed E-state index contributed by atoms with van der Waals surface area (Å²) in [5, 5.41) is 3.20. The number of benzene rings is 1. The van der Waals surface area contributed by atoms with E-state index in [2.05, 4.69) is 27.4 Å². The highest BCUT2D eigenvalue weighted by Crippen LogP contribution is 2.17. The van der Waals surface area contributed by atoms with Crippen LogP contribution >= 0.6 is 0 Å². The minimum atomic E-state index is 0.0901. The molecule has 0 aliphatic rings. The zero-order chi connectivity index (χ0) is 15.1. The quantitative estimate of drug-likeness (QED) is 0.818. The summed E-state index contributed by atoms with van der Waals surface area (Å²) in [6.07, 6.45) is 3.74. The standard InChI is InChI=1S/C16H22N4O/c1-12(2)21-15-8-10-18-16(20-15)19-14-7-3-5-13(11-14)6-4-9-17/h3,5,7-8,10-12H,4,6,9,17H2,1-2H3,(H,18,19,20). The molecule has 0 fully saturated rings. The van der Waals surface area contributed by atoms with Crippen LogP contribution in [0.15, 0.2) is 36.5 Å². The third kappa shape index (κ3) is 5.04. The van der Waals surface area contributed by atoms with E-state index in [-0.39, 0.29) is 6.10 Å². The van der Waals surface area contributed by atoms with Crippen molar-refractivity contribution in [3.05, 3.63) is 42.1 Å². The van der Waals surface area contributed by atoms with E-state index in [4.69, 9.17) is 10.5 Å². The Morgan fingerprint density at radius 3 is 2.90 bits per heavy atom. The van der Waals surface area contributed by atoms with Crippen LogP contribution in [0, 0.1) is 0 Å². The number of hydrogen-bond acceptors (Lipinski definition) is 5. The van der Waals surface area contributed by atoms with E-state index >= 15 is 0 Å². The first kappa shape index (κ1) is 15.3. The molecule has 3 N–H and O–H groups in total. The molecule has 5 nitrogen and oxygen atoms in total. The maximum absolute atomic E-state index is 5.56. The monoisotopic (exact) mass is 286 g/mol. The fourth-order valence-corrected chi connectivity index (χ4v) is 1.95. The number of hydrogen-bond donors (Lipinski definition) is 2. The van der Waals surface area contributed by atoms with E-state index in [1.54, 1.807) is 12.3 Å². The Morgan fingerprint density at radius 2 is 2.14 bits per heavy atom. The van der Waals surface area contributed by atoms with Crippen LogP contribution < -0.4 is 15.8 Å². The van der Waals surface area contributed by atoms with Gasteiger partial charge < -0.3 is 15.8 Å². The zero-order valence-electron chi connectivity index (χ0n) is 12.5. The number of ether oxygens (including phenoxy) is 1. The molecular weight excluding hydrogens is 264 g/mol. The van der Waals surface area contributed by atoms with Crippen molar-refractivity contribution >= 4 is 11.6 Å². The number of aromatic nitrogens is 2. The van der Waals surface area contributed by atoms with Crippen molar-refractivity contribution < 1.29 is 4.74 Å². The summed E-state index contributed by atoms with van der Waals surface area (Å²) in [6.45, 7) is 4.64. The molecule has 1 aromatic heterocycles. The molecule has 2 rings (SSSR count). The lowest BCUT2D eigenvalue weighted by Gasteiger charge is -2.10. The van der Waals surface area contributed by atoms with Crippen molar-refractivity contribution in [2.75, 3.05) is 11.9 Å². The molecule has 0 aliphatic heterocycles. The molecular formula is C16H22N4O. The van der Waals surface area contributed by atoms with E-state index in [1.807, 2.05) is 26.0 Å². The van der Waals surface area contributed by atoms with Gasteiger partial charge in [-0.05, 0) is 50.9 Å². The molecule has 21 heavy (non-hydrogen) atoms. The van der Waals surface area contributed by atoms with E-state index in [0.29, 0.717) is 18.4 Å². The Labute approximate surface area is 125 Å². The van der Waals surface area contributed by atoms with Gasteiger partial charge in [0.05, 0.1) is 6.10 Å². The summed E-state index contributed by atoms with van der Waals surface area (Å²) >= 11 is 0. The normalized spacial score (nSPS) is 10.7. The highest BCUT2D eigenvalue weighted by atomic mass is 16.5. The number of anilines is 2. The highest BCUT2D eigenvalue weighted by Gasteiger charge is 2.03. The van der Waals surface area contributed by atoms with Crippen LogP contribution in [0.1, 0.15) is 25.8 Å². The van der Waals surface area contributed by atoms with E-state index in [9.17, 15) is 0 Å². The second-order valence-corrected chi connectivity index (χ2v) is 5.10. The van der Waals surface area contributed by atoms with Crippen molar-refractivity contribution in [2.24, 2.45) is 5.73 Å². The fourth-order valence-electron chi connectivity index (χ4n) is 1.95. The van der Waals surface area contributed by atoms with E-state index in [1.165, 1.54) is 5.56 Å². The summed E-state index contributed by atoms with van der Waals surface area (Å²) < 4.78 is 5.56. The maximum atomic E-state index is 5.56. The second kappa shape index (κ2) is 7.59. The Morgan fingerprint density at radius 1 is 1.29 bits per heavy atom. The molecule has 0 unspecified atom stereocenters. The Hall–Kier alpha value is -2.14. The number of nitrogens with two attached hydrogens (primary N) is 1. The first-order chi connectivity index (χ1) is 10.2. The molecule has 2 aromatic rings. The van der Waals surface area contributed by atoms with Gasteiger partial charge in [0.2, 0.25) is 11.8 Å². The molecule has 0 amide bonds. The SMILES string of the molecule is CC(C)Oc1ccnc(Nc2cccc(CCCN)c2)n1. The van der Waals surface area contributed by atoms with Crippen LogP contribution in [-0.4, -0.2) is 22.6 Å². The maximum Gasteiger partial charge on any atom is 0.230 e. The van der Waals surface area contributed by atoms with Gasteiger partial charge in [0.1, 0.15) is 0 Å². The molecule has 0 saturated carbocycles. The van der Waals surface area contributed by atoms with Crippen LogP contribution in [0.25, 0.3) is 0 Å². The lowest BCUT2D eigenvalue weighted by atomic mass is 10.1. The molecule has 5 heteroatoms. The van der Waals surface area contributed by atoms with Crippen molar-refractivity contribution in [3.63, 3.8) is 0 Å². The van der Waals surface area contributed by atoms with Gasteiger partial charge in [-0.2, -0.15) is 4.98 Å². The highest BCUT2D eigenvalue weighted by molar-refractivity contribution is 5.54. The summed E-state index contributed by atoms with van der Waals surface area (Å²) in [7, 11) is 0. The molecule has 0 radical (unpaired) electrons. The largest absolute Gasteiger partial charge is 0.475 e. The first-order valence-electron chi connectivity index (χ1n) is 7.23. The molecule has 1 heterocycles. The number of nitrogens with zero attached hydrogens (tertiary/aromatic N) is 2. The van der Waals surface area contributed by atoms with Crippen molar-refractivity contribution in [3.8, 4) is 5.88 Å². The van der Waals surface area contributed by atoms with Crippen molar-refractivity contribution in [1.82, 2.24) is 9.97 Å². The van der Waals surface area contributed by atoms with Gasteiger partial charge in [0, 0.05) is 18.0 Å².